The molecule has 0 radical (unpaired) electrons. The van der Waals surface area contributed by atoms with E-state index in [1.165, 1.54) is 0 Å². The Morgan fingerprint density at radius 3 is 2.24 bits per heavy atom. The van der Waals surface area contributed by atoms with Crippen LogP contribution < -0.4 is 0 Å². The Morgan fingerprint density at radius 2 is 1.76 bits per heavy atom. The van der Waals surface area contributed by atoms with Crippen LogP contribution in [0.3, 0.4) is 0 Å². The number of aliphatic hydroxyl groups is 2. The first-order valence-corrected chi connectivity index (χ1v) is 9.57. The summed E-state index contributed by atoms with van der Waals surface area (Å²) in [6, 6.07) is 0. The molecule has 1 aliphatic rings. The van der Waals surface area contributed by atoms with Gasteiger partial charge >= 0.3 is 5.97 Å². The third kappa shape index (κ3) is 6.66. The van der Waals surface area contributed by atoms with Crippen LogP contribution in [0.2, 0.25) is 0 Å². The van der Waals surface area contributed by atoms with Crippen molar-refractivity contribution in [3.05, 3.63) is 0 Å². The minimum atomic E-state index is -1.43. The number of carbonyl (C=O) groups is 2. The lowest BCUT2D eigenvalue weighted by atomic mass is 9.77. The van der Waals surface area contributed by atoms with Crippen molar-refractivity contribution < 1.29 is 24.5 Å². The molecular formula is C14H22I2O5. The molecule has 21 heavy (non-hydrogen) atoms. The van der Waals surface area contributed by atoms with E-state index in [1.807, 2.05) is 29.5 Å². The molecule has 0 aromatic carbocycles. The summed E-state index contributed by atoms with van der Waals surface area (Å²) in [4.78, 5) is 23.6. The van der Waals surface area contributed by atoms with E-state index >= 15 is 0 Å². The molecule has 0 aromatic rings. The van der Waals surface area contributed by atoms with Crippen molar-refractivity contribution in [3.63, 3.8) is 0 Å². The highest BCUT2D eigenvalue weighted by molar-refractivity contribution is 14.1. The van der Waals surface area contributed by atoms with Gasteiger partial charge in [-0.05, 0) is 39.0 Å². The van der Waals surface area contributed by atoms with Crippen LogP contribution in [-0.4, -0.2) is 42.2 Å². The lowest BCUT2D eigenvalue weighted by Gasteiger charge is -2.35. The van der Waals surface area contributed by atoms with Crippen molar-refractivity contribution in [2.45, 2.75) is 59.8 Å². The van der Waals surface area contributed by atoms with Gasteiger partial charge in [0.2, 0.25) is 0 Å². The lowest BCUT2D eigenvalue weighted by molar-refractivity contribution is -0.158. The number of alkyl halides is 2. The number of hydrogen-bond acceptors (Lipinski definition) is 5. The molecule has 5 unspecified atom stereocenters. The maximum atomic E-state index is 11.9. The van der Waals surface area contributed by atoms with E-state index in [9.17, 15) is 19.8 Å². The minimum absolute atomic E-state index is 0.0394. The van der Waals surface area contributed by atoms with Crippen LogP contribution in [0.4, 0.5) is 0 Å². The monoisotopic (exact) mass is 524 g/mol. The number of aliphatic hydroxyl groups excluding tert-OH is 1. The maximum Gasteiger partial charge on any atom is 0.318 e. The van der Waals surface area contributed by atoms with Gasteiger partial charge in [-0.15, -0.1) is 0 Å². The molecule has 0 heterocycles. The number of rotatable bonds is 6. The maximum absolute atomic E-state index is 11.9. The Morgan fingerprint density at radius 1 is 1.14 bits per heavy atom. The van der Waals surface area contributed by atoms with Crippen LogP contribution in [0.15, 0.2) is 0 Å². The summed E-state index contributed by atoms with van der Waals surface area (Å²) < 4.78 is 5.13. The molecule has 5 atom stereocenters. The molecule has 1 fully saturated rings. The van der Waals surface area contributed by atoms with Crippen molar-refractivity contribution in [2.24, 2.45) is 11.8 Å². The first-order chi connectivity index (χ1) is 9.70. The number of esters is 1. The third-order valence-corrected chi connectivity index (χ3v) is 4.96. The van der Waals surface area contributed by atoms with Crippen LogP contribution in [0, 0.1) is 11.8 Å². The first-order valence-electron chi connectivity index (χ1n) is 7.08. The molecule has 2 N–H and O–H groups in total. The summed E-state index contributed by atoms with van der Waals surface area (Å²) >= 11 is 4.07. The predicted octanol–water partition coefficient (Wildman–Crippen LogP) is 2.23. The summed E-state index contributed by atoms with van der Waals surface area (Å²) in [7, 11) is 0. The summed E-state index contributed by atoms with van der Waals surface area (Å²) in [6.45, 7) is 3.60. The van der Waals surface area contributed by atoms with Crippen LogP contribution in [0.25, 0.3) is 0 Å². The molecule has 1 rings (SSSR count). The number of ketones is 1. The average Bonchev–Trinajstić information content (AvgIpc) is 2.37. The van der Waals surface area contributed by atoms with Gasteiger partial charge in [0.1, 0.15) is 15.8 Å². The SMILES string of the molecule is CC(I)C(=O)CC1CC(OC(=O)C(C)I)CC(C(O)O)C1. The van der Waals surface area contributed by atoms with Crippen molar-refractivity contribution in [1.29, 1.82) is 0 Å². The number of halogens is 2. The van der Waals surface area contributed by atoms with Crippen LogP contribution >= 0.6 is 45.2 Å². The minimum Gasteiger partial charge on any atom is -0.462 e. The Hall–Kier alpha value is 0.520. The van der Waals surface area contributed by atoms with E-state index in [4.69, 9.17) is 4.74 Å². The third-order valence-electron chi connectivity index (χ3n) is 3.76. The molecule has 1 aliphatic carbocycles. The van der Waals surface area contributed by atoms with E-state index in [-0.39, 0.29) is 37.5 Å². The summed E-state index contributed by atoms with van der Waals surface area (Å²) in [5, 5.41) is 18.9. The van der Waals surface area contributed by atoms with Crippen molar-refractivity contribution in [1.82, 2.24) is 0 Å². The topological polar surface area (TPSA) is 83.8 Å². The Labute approximate surface area is 152 Å². The summed E-state index contributed by atoms with van der Waals surface area (Å²) in [6.07, 6.45) is 0.280. The Kier molecular flexibility index (Phi) is 8.36. The summed E-state index contributed by atoms with van der Waals surface area (Å²) in [5.41, 5.74) is 0. The molecule has 0 aromatic heterocycles. The van der Waals surface area contributed by atoms with E-state index in [0.717, 1.165) is 0 Å². The van der Waals surface area contributed by atoms with Gasteiger partial charge in [-0.25, -0.2) is 0 Å². The first kappa shape index (κ1) is 19.6. The van der Waals surface area contributed by atoms with Crippen molar-refractivity contribution in [3.8, 4) is 0 Å². The van der Waals surface area contributed by atoms with Crippen molar-refractivity contribution >= 4 is 56.9 Å². The van der Waals surface area contributed by atoms with E-state index in [2.05, 4.69) is 22.6 Å². The van der Waals surface area contributed by atoms with Crippen LogP contribution in [-0.2, 0) is 14.3 Å². The van der Waals surface area contributed by atoms with Gasteiger partial charge in [-0.3, -0.25) is 9.59 Å². The molecule has 1 saturated carbocycles. The molecule has 0 aliphatic heterocycles. The van der Waals surface area contributed by atoms with E-state index in [0.29, 0.717) is 25.7 Å². The molecule has 122 valence electrons. The number of Topliss-reactive ketones (excluding diaryl/α,β-unsaturated/α-hetero) is 1. The quantitative estimate of drug-likeness (QED) is 0.241. The largest absolute Gasteiger partial charge is 0.462 e. The summed E-state index contributed by atoms with van der Waals surface area (Å²) in [5.74, 6) is -0.442. The zero-order chi connectivity index (χ0) is 16.2. The van der Waals surface area contributed by atoms with Gasteiger partial charge in [-0.1, -0.05) is 45.2 Å². The zero-order valence-corrected chi connectivity index (χ0v) is 16.5. The fourth-order valence-electron chi connectivity index (χ4n) is 2.64. The number of carbonyl (C=O) groups excluding carboxylic acids is 2. The van der Waals surface area contributed by atoms with Gasteiger partial charge in [0.15, 0.2) is 6.29 Å². The molecule has 5 nitrogen and oxygen atoms in total. The van der Waals surface area contributed by atoms with Gasteiger partial charge in [0.25, 0.3) is 0 Å². The van der Waals surface area contributed by atoms with Gasteiger partial charge < -0.3 is 14.9 Å². The van der Waals surface area contributed by atoms with Gasteiger partial charge in [0, 0.05) is 12.3 Å². The normalized spacial score (nSPS) is 29.0. The van der Waals surface area contributed by atoms with Crippen LogP contribution in [0.1, 0.15) is 39.5 Å². The number of hydrogen-bond donors (Lipinski definition) is 2. The van der Waals surface area contributed by atoms with Gasteiger partial charge in [-0.2, -0.15) is 0 Å². The molecule has 0 amide bonds. The Balaban J connectivity index is 2.68. The molecule has 0 saturated heterocycles. The highest BCUT2D eigenvalue weighted by atomic mass is 127. The second-order valence-corrected chi connectivity index (χ2v) is 9.45. The van der Waals surface area contributed by atoms with E-state index < -0.39 is 6.29 Å². The highest BCUT2D eigenvalue weighted by Gasteiger charge is 2.35. The smallest absolute Gasteiger partial charge is 0.318 e. The second-order valence-electron chi connectivity index (χ2n) is 5.71. The average molecular weight is 524 g/mol. The zero-order valence-electron chi connectivity index (χ0n) is 12.2. The highest BCUT2D eigenvalue weighted by Crippen LogP contribution is 2.35. The fraction of sp³-hybridized carbons (Fsp3) is 0.857. The van der Waals surface area contributed by atoms with Gasteiger partial charge in [0.05, 0.1) is 3.92 Å². The second kappa shape index (κ2) is 8.97. The van der Waals surface area contributed by atoms with Crippen LogP contribution in [0.5, 0.6) is 0 Å². The number of ether oxygens (including phenoxy) is 1. The molecule has 0 bridgehead atoms. The van der Waals surface area contributed by atoms with Crippen molar-refractivity contribution in [2.75, 3.05) is 0 Å². The standard InChI is InChI=1S/C14H22I2O5/c1-7(15)12(17)5-9-3-10(13(18)19)6-11(4-9)21-14(20)8(2)16/h7-11,13,18-19H,3-6H2,1-2H3. The molecule has 0 spiro atoms. The molecular weight excluding hydrogens is 502 g/mol. The predicted molar refractivity (Wildman–Crippen MR) is 95.5 cm³/mol. The molecule has 7 heteroatoms. The fourth-order valence-corrected chi connectivity index (χ4v) is 3.04. The van der Waals surface area contributed by atoms with E-state index in [1.54, 1.807) is 6.92 Å². The Bertz CT molecular complexity index is 340. The lowest BCUT2D eigenvalue weighted by Crippen LogP contribution is -2.37.